The minimum atomic E-state index is -3.68. The fraction of sp³-hybridized carbons (Fsp3) is 0.588. The SMILES string of the molecule is C[C@@H](NC(=O)Cc1ccc(S(N)(=O)=O)cc1)[C@H]1C[C@H]2CC[C@H]1C2. The molecular formula is C17H24N2O3S. The van der Waals surface area contributed by atoms with Crippen molar-refractivity contribution < 1.29 is 13.2 Å². The predicted molar refractivity (Wildman–Crippen MR) is 88.1 cm³/mol. The predicted octanol–water partition coefficient (Wildman–Crippen LogP) is 1.82. The molecule has 0 aromatic heterocycles. The molecule has 126 valence electrons. The molecule has 0 unspecified atom stereocenters. The van der Waals surface area contributed by atoms with Crippen LogP contribution in [0.5, 0.6) is 0 Å². The molecule has 1 aromatic rings. The van der Waals surface area contributed by atoms with Crippen molar-refractivity contribution in [2.24, 2.45) is 22.9 Å². The molecule has 2 bridgehead atoms. The van der Waals surface area contributed by atoms with Crippen LogP contribution in [0.3, 0.4) is 0 Å². The van der Waals surface area contributed by atoms with Crippen molar-refractivity contribution in [3.05, 3.63) is 29.8 Å². The quantitative estimate of drug-likeness (QED) is 0.859. The number of rotatable bonds is 5. The molecule has 0 aliphatic heterocycles. The standard InChI is InChI=1S/C17H24N2O3S/c1-11(16-9-13-2-5-14(16)8-13)19-17(20)10-12-3-6-15(7-4-12)23(18,21)22/h3-4,6-7,11,13-14,16H,2,5,8-10H2,1H3,(H,19,20)(H2,18,21,22)/t11-,13+,14+,16-/m1/s1. The number of carbonyl (C=O) groups is 1. The number of primary sulfonamides is 1. The third kappa shape index (κ3) is 3.75. The molecule has 3 rings (SSSR count). The second-order valence-corrected chi connectivity index (χ2v) is 8.62. The second-order valence-electron chi connectivity index (χ2n) is 7.06. The van der Waals surface area contributed by atoms with Crippen molar-refractivity contribution in [2.75, 3.05) is 0 Å². The van der Waals surface area contributed by atoms with Gasteiger partial charge in [-0.25, -0.2) is 13.6 Å². The van der Waals surface area contributed by atoms with Gasteiger partial charge in [-0.2, -0.15) is 0 Å². The molecule has 0 spiro atoms. The zero-order valence-corrected chi connectivity index (χ0v) is 14.2. The number of amides is 1. The summed E-state index contributed by atoms with van der Waals surface area (Å²) < 4.78 is 22.4. The molecule has 2 aliphatic carbocycles. The van der Waals surface area contributed by atoms with Gasteiger partial charge >= 0.3 is 0 Å². The molecular weight excluding hydrogens is 312 g/mol. The first kappa shape index (κ1) is 16.5. The molecule has 4 atom stereocenters. The van der Waals surface area contributed by atoms with Crippen molar-refractivity contribution >= 4 is 15.9 Å². The number of nitrogens with two attached hydrogens (primary N) is 1. The summed E-state index contributed by atoms with van der Waals surface area (Å²) in [5.74, 6) is 2.26. The summed E-state index contributed by atoms with van der Waals surface area (Å²) in [7, 11) is -3.68. The molecule has 1 aromatic carbocycles. The van der Waals surface area contributed by atoms with Crippen LogP contribution in [0.2, 0.25) is 0 Å². The van der Waals surface area contributed by atoms with Crippen molar-refractivity contribution in [1.29, 1.82) is 0 Å². The van der Waals surface area contributed by atoms with Gasteiger partial charge in [0.2, 0.25) is 15.9 Å². The van der Waals surface area contributed by atoms with Crippen molar-refractivity contribution in [3.63, 3.8) is 0 Å². The average molecular weight is 336 g/mol. The fourth-order valence-electron chi connectivity index (χ4n) is 4.30. The number of carbonyl (C=O) groups excluding carboxylic acids is 1. The van der Waals surface area contributed by atoms with Crippen molar-refractivity contribution in [1.82, 2.24) is 5.32 Å². The van der Waals surface area contributed by atoms with E-state index in [0.717, 1.165) is 17.4 Å². The Bertz CT molecular complexity index is 684. The van der Waals surface area contributed by atoms with Gasteiger partial charge in [-0.15, -0.1) is 0 Å². The molecule has 0 saturated heterocycles. The van der Waals surface area contributed by atoms with Crippen LogP contribution in [0, 0.1) is 17.8 Å². The van der Waals surface area contributed by atoms with E-state index in [1.165, 1.54) is 37.8 Å². The lowest BCUT2D eigenvalue weighted by atomic mass is 9.84. The zero-order valence-electron chi connectivity index (χ0n) is 13.4. The summed E-state index contributed by atoms with van der Waals surface area (Å²) in [4.78, 5) is 12.3. The number of nitrogens with one attached hydrogen (secondary N) is 1. The third-order valence-electron chi connectivity index (χ3n) is 5.44. The Morgan fingerprint density at radius 2 is 1.96 bits per heavy atom. The molecule has 1 amide bonds. The van der Waals surface area contributed by atoms with Crippen LogP contribution < -0.4 is 10.5 Å². The van der Waals surface area contributed by atoms with Crippen LogP contribution in [-0.4, -0.2) is 20.4 Å². The van der Waals surface area contributed by atoms with Crippen LogP contribution in [0.1, 0.15) is 38.2 Å². The van der Waals surface area contributed by atoms with E-state index < -0.39 is 10.0 Å². The van der Waals surface area contributed by atoms with E-state index in [2.05, 4.69) is 12.2 Å². The van der Waals surface area contributed by atoms with E-state index in [-0.39, 0.29) is 23.3 Å². The van der Waals surface area contributed by atoms with Crippen LogP contribution >= 0.6 is 0 Å². The highest BCUT2D eigenvalue weighted by atomic mass is 32.2. The summed E-state index contributed by atoms with van der Waals surface area (Å²) in [5, 5.41) is 8.18. The normalized spacial score (nSPS) is 27.8. The molecule has 0 radical (unpaired) electrons. The van der Waals surface area contributed by atoms with E-state index in [1.54, 1.807) is 12.1 Å². The van der Waals surface area contributed by atoms with E-state index >= 15 is 0 Å². The molecule has 2 aliphatic rings. The average Bonchev–Trinajstić information content (AvgIpc) is 3.09. The minimum Gasteiger partial charge on any atom is -0.353 e. The number of sulfonamides is 1. The minimum absolute atomic E-state index is 0.0105. The maximum absolute atomic E-state index is 12.2. The highest BCUT2D eigenvalue weighted by molar-refractivity contribution is 7.89. The lowest BCUT2D eigenvalue weighted by Crippen LogP contribution is -2.40. The van der Waals surface area contributed by atoms with Gasteiger partial charge in [0, 0.05) is 6.04 Å². The molecule has 2 fully saturated rings. The van der Waals surface area contributed by atoms with Crippen molar-refractivity contribution in [2.45, 2.75) is 50.0 Å². The van der Waals surface area contributed by atoms with Gasteiger partial charge in [0.1, 0.15) is 0 Å². The molecule has 23 heavy (non-hydrogen) atoms. The van der Waals surface area contributed by atoms with E-state index in [0.29, 0.717) is 5.92 Å². The van der Waals surface area contributed by atoms with Crippen LogP contribution in [0.4, 0.5) is 0 Å². The van der Waals surface area contributed by atoms with Gasteiger partial charge in [-0.3, -0.25) is 4.79 Å². The Hall–Kier alpha value is -1.40. The number of hydrogen-bond acceptors (Lipinski definition) is 3. The Morgan fingerprint density at radius 3 is 2.48 bits per heavy atom. The van der Waals surface area contributed by atoms with Crippen molar-refractivity contribution in [3.8, 4) is 0 Å². The Labute approximate surface area is 137 Å². The molecule has 2 saturated carbocycles. The molecule has 6 heteroatoms. The van der Waals surface area contributed by atoms with Gasteiger partial charge in [0.15, 0.2) is 0 Å². The second kappa shape index (κ2) is 6.24. The van der Waals surface area contributed by atoms with Crippen LogP contribution in [0.15, 0.2) is 29.2 Å². The number of benzene rings is 1. The van der Waals surface area contributed by atoms with Gasteiger partial charge in [0.05, 0.1) is 11.3 Å². The molecule has 0 heterocycles. The smallest absolute Gasteiger partial charge is 0.238 e. The third-order valence-corrected chi connectivity index (χ3v) is 6.37. The van der Waals surface area contributed by atoms with Gasteiger partial charge in [-0.1, -0.05) is 18.6 Å². The van der Waals surface area contributed by atoms with E-state index in [1.807, 2.05) is 0 Å². The van der Waals surface area contributed by atoms with Crippen LogP contribution in [0.25, 0.3) is 0 Å². The lowest BCUT2D eigenvalue weighted by molar-refractivity contribution is -0.121. The largest absolute Gasteiger partial charge is 0.353 e. The number of fused-ring (bicyclic) bond motifs is 2. The van der Waals surface area contributed by atoms with Gasteiger partial charge in [0.25, 0.3) is 0 Å². The Balaban J connectivity index is 1.55. The topological polar surface area (TPSA) is 89.3 Å². The van der Waals surface area contributed by atoms with Gasteiger partial charge in [-0.05, 0) is 61.6 Å². The highest BCUT2D eigenvalue weighted by Gasteiger charge is 2.42. The first-order chi connectivity index (χ1) is 10.8. The summed E-state index contributed by atoms with van der Waals surface area (Å²) in [6.45, 7) is 2.10. The molecule has 5 nitrogen and oxygen atoms in total. The summed E-state index contributed by atoms with van der Waals surface area (Å²) in [6.07, 6.45) is 5.51. The zero-order chi connectivity index (χ0) is 16.6. The number of hydrogen-bond donors (Lipinski definition) is 2. The van der Waals surface area contributed by atoms with Gasteiger partial charge < -0.3 is 5.32 Å². The fourth-order valence-corrected chi connectivity index (χ4v) is 4.82. The summed E-state index contributed by atoms with van der Waals surface area (Å²) in [6, 6.07) is 6.37. The highest BCUT2D eigenvalue weighted by Crippen LogP contribution is 2.49. The van der Waals surface area contributed by atoms with Crippen LogP contribution in [-0.2, 0) is 21.2 Å². The first-order valence-electron chi connectivity index (χ1n) is 8.24. The van der Waals surface area contributed by atoms with E-state index in [4.69, 9.17) is 5.14 Å². The monoisotopic (exact) mass is 336 g/mol. The summed E-state index contributed by atoms with van der Waals surface area (Å²) >= 11 is 0. The van der Waals surface area contributed by atoms with E-state index in [9.17, 15) is 13.2 Å². The maximum atomic E-state index is 12.2. The maximum Gasteiger partial charge on any atom is 0.238 e. The molecule has 3 N–H and O–H groups in total. The lowest BCUT2D eigenvalue weighted by Gasteiger charge is -2.28. The Morgan fingerprint density at radius 1 is 1.26 bits per heavy atom. The first-order valence-corrected chi connectivity index (χ1v) is 9.78. The Kier molecular flexibility index (Phi) is 4.47. The summed E-state index contributed by atoms with van der Waals surface area (Å²) in [5.41, 5.74) is 0.787.